The van der Waals surface area contributed by atoms with Crippen molar-refractivity contribution in [2.75, 3.05) is 52.5 Å². The maximum atomic E-state index is 13.1. The average Bonchev–Trinajstić information content (AvgIpc) is 3.71. The molecule has 0 aliphatic carbocycles. The van der Waals surface area contributed by atoms with Crippen LogP contribution in [0.1, 0.15) is 233 Å². The molecule has 54 heavy (non-hydrogen) atoms. The summed E-state index contributed by atoms with van der Waals surface area (Å²) >= 11 is 0. The van der Waals surface area contributed by atoms with Crippen LogP contribution in [0.25, 0.3) is 0 Å². The van der Waals surface area contributed by atoms with Gasteiger partial charge in [0, 0.05) is 26.2 Å². The lowest BCUT2D eigenvalue weighted by atomic mass is 9.94. The molecular weight excluding hydrogens is 669 g/mol. The van der Waals surface area contributed by atoms with E-state index >= 15 is 0 Å². The first-order valence-corrected chi connectivity index (χ1v) is 24.3. The fourth-order valence-corrected chi connectivity index (χ4v) is 8.16. The Morgan fingerprint density at radius 2 is 0.778 bits per heavy atom. The summed E-state index contributed by atoms with van der Waals surface area (Å²) in [5, 5.41) is 0. The molecule has 0 aromatic carbocycles. The molecule has 6 heteroatoms. The van der Waals surface area contributed by atoms with E-state index in [1.54, 1.807) is 0 Å². The summed E-state index contributed by atoms with van der Waals surface area (Å²) in [7, 11) is 0. The van der Waals surface area contributed by atoms with Crippen molar-refractivity contribution in [1.29, 1.82) is 0 Å². The number of hydrogen-bond acceptors (Lipinski definition) is 6. The van der Waals surface area contributed by atoms with Crippen LogP contribution in [0, 0.1) is 11.8 Å². The van der Waals surface area contributed by atoms with Gasteiger partial charge in [0.15, 0.2) is 0 Å². The Morgan fingerprint density at radius 3 is 1.11 bits per heavy atom. The van der Waals surface area contributed by atoms with Gasteiger partial charge in [0.1, 0.15) is 0 Å². The molecule has 0 aromatic heterocycles. The van der Waals surface area contributed by atoms with Gasteiger partial charge in [-0.1, -0.05) is 182 Å². The Kier molecular flexibility index (Phi) is 36.5. The van der Waals surface area contributed by atoms with Crippen LogP contribution in [0.15, 0.2) is 0 Å². The topological polar surface area (TPSA) is 59.1 Å². The van der Waals surface area contributed by atoms with Crippen LogP contribution in [0.5, 0.6) is 0 Å². The quantitative estimate of drug-likeness (QED) is 0.0457. The Morgan fingerprint density at radius 1 is 0.463 bits per heavy atom. The van der Waals surface area contributed by atoms with Crippen molar-refractivity contribution in [2.24, 2.45) is 11.8 Å². The van der Waals surface area contributed by atoms with Crippen molar-refractivity contribution in [2.45, 2.75) is 233 Å². The van der Waals surface area contributed by atoms with Crippen LogP contribution in [0.4, 0.5) is 0 Å². The molecule has 320 valence electrons. The molecule has 0 radical (unpaired) electrons. The smallest absolute Gasteiger partial charge is 0.307 e. The molecule has 1 rings (SSSR count). The number of nitrogens with zero attached hydrogens (tertiary/aromatic N) is 2. The zero-order valence-corrected chi connectivity index (χ0v) is 37.0. The minimum Gasteiger partial charge on any atom is -0.465 e. The highest BCUT2D eigenvalue weighted by Crippen LogP contribution is 2.22. The molecule has 0 spiro atoms. The zero-order valence-electron chi connectivity index (χ0n) is 37.0. The number of esters is 2. The molecule has 0 atom stereocenters. The first-order chi connectivity index (χ1) is 26.5. The first-order valence-electron chi connectivity index (χ1n) is 24.3. The number of hydrogen-bond donors (Lipinski definition) is 0. The lowest BCUT2D eigenvalue weighted by molar-refractivity contribution is -0.145. The normalized spacial score (nSPS) is 13.5. The number of ether oxygens (including phenoxy) is 2. The maximum absolute atomic E-state index is 13.1. The third-order valence-electron chi connectivity index (χ3n) is 12.0. The van der Waals surface area contributed by atoms with Crippen molar-refractivity contribution in [3.05, 3.63) is 0 Å². The number of carbonyl (C=O) groups excluding carboxylic acids is 2. The Hall–Kier alpha value is -1.14. The molecule has 6 nitrogen and oxygen atoms in total. The van der Waals surface area contributed by atoms with Crippen molar-refractivity contribution >= 4 is 11.9 Å². The monoisotopic (exact) mass is 763 g/mol. The maximum Gasteiger partial charge on any atom is 0.307 e. The largest absolute Gasteiger partial charge is 0.465 e. The lowest BCUT2D eigenvalue weighted by Gasteiger charge is -2.25. The molecule has 1 heterocycles. The van der Waals surface area contributed by atoms with Crippen LogP contribution in [0.3, 0.4) is 0 Å². The fourth-order valence-electron chi connectivity index (χ4n) is 8.16. The average molecular weight is 763 g/mol. The summed E-state index contributed by atoms with van der Waals surface area (Å²) in [6, 6.07) is 0. The van der Waals surface area contributed by atoms with Gasteiger partial charge in [-0.05, 0) is 63.5 Å². The predicted molar refractivity (Wildman–Crippen MR) is 232 cm³/mol. The van der Waals surface area contributed by atoms with Crippen molar-refractivity contribution in [3.63, 3.8) is 0 Å². The molecule has 1 fully saturated rings. The summed E-state index contributed by atoms with van der Waals surface area (Å²) < 4.78 is 11.9. The molecule has 1 aliphatic rings. The highest BCUT2D eigenvalue weighted by atomic mass is 16.5. The van der Waals surface area contributed by atoms with Gasteiger partial charge < -0.3 is 19.3 Å². The van der Waals surface area contributed by atoms with E-state index in [9.17, 15) is 9.59 Å². The standard InChI is InChI=1S/C48H94N2O4/c1-5-9-13-17-21-25-31-45(32-26-22-18-14-10-6-2)43-53-47(51)35-39-50(42-41-49-37-29-30-38-49)40-36-48(52)54-44-46(33-27-23-19-15-11-7-3)34-28-24-20-16-12-8-4/h45-46H,5-44H2,1-4H3. The Bertz CT molecular complexity index is 729. The zero-order chi connectivity index (χ0) is 39.2. The van der Waals surface area contributed by atoms with E-state index in [2.05, 4.69) is 37.5 Å². The van der Waals surface area contributed by atoms with Gasteiger partial charge >= 0.3 is 11.9 Å². The van der Waals surface area contributed by atoms with Crippen molar-refractivity contribution in [1.82, 2.24) is 9.80 Å². The molecule has 1 saturated heterocycles. The van der Waals surface area contributed by atoms with Gasteiger partial charge in [-0.25, -0.2) is 0 Å². The lowest BCUT2D eigenvalue weighted by Crippen LogP contribution is -2.36. The third kappa shape index (κ3) is 32.0. The second-order valence-corrected chi connectivity index (χ2v) is 17.2. The first kappa shape index (κ1) is 50.9. The van der Waals surface area contributed by atoms with Gasteiger partial charge in [-0.15, -0.1) is 0 Å². The van der Waals surface area contributed by atoms with Crippen LogP contribution in [-0.4, -0.2) is 74.2 Å². The minimum absolute atomic E-state index is 0.0770. The molecule has 0 unspecified atom stereocenters. The molecule has 1 aliphatic heterocycles. The summed E-state index contributed by atoms with van der Waals surface area (Å²) in [5.41, 5.74) is 0. The van der Waals surface area contributed by atoms with E-state index in [0.29, 0.717) is 51.0 Å². The molecule has 0 bridgehead atoms. The molecule has 0 amide bonds. The van der Waals surface area contributed by atoms with Gasteiger partial charge in [0.25, 0.3) is 0 Å². The van der Waals surface area contributed by atoms with Gasteiger partial charge in [-0.2, -0.15) is 0 Å². The fraction of sp³-hybridized carbons (Fsp3) is 0.958. The van der Waals surface area contributed by atoms with E-state index < -0.39 is 0 Å². The highest BCUT2D eigenvalue weighted by Gasteiger charge is 2.18. The van der Waals surface area contributed by atoms with Crippen LogP contribution in [-0.2, 0) is 19.1 Å². The van der Waals surface area contributed by atoms with E-state index in [-0.39, 0.29) is 11.9 Å². The minimum atomic E-state index is -0.0770. The van der Waals surface area contributed by atoms with Gasteiger partial charge in [0.05, 0.1) is 26.1 Å². The van der Waals surface area contributed by atoms with Crippen LogP contribution in [0.2, 0.25) is 0 Å². The predicted octanol–water partition coefficient (Wildman–Crippen LogP) is 13.5. The highest BCUT2D eigenvalue weighted by molar-refractivity contribution is 5.70. The number of likely N-dealkylation sites (tertiary alicyclic amines) is 1. The SMILES string of the molecule is CCCCCCCCC(CCCCCCCC)COC(=O)CCN(CCC(=O)OCC(CCCCCCCC)CCCCCCCC)CCN1CCCC1. The van der Waals surface area contributed by atoms with E-state index in [1.165, 1.54) is 193 Å². The summed E-state index contributed by atoms with van der Waals surface area (Å²) in [5.74, 6) is 0.815. The van der Waals surface area contributed by atoms with Crippen molar-refractivity contribution < 1.29 is 19.1 Å². The van der Waals surface area contributed by atoms with E-state index in [1.807, 2.05) is 0 Å². The summed E-state index contributed by atoms with van der Waals surface area (Å²) in [4.78, 5) is 31.0. The van der Waals surface area contributed by atoms with Crippen LogP contribution < -0.4 is 0 Å². The summed E-state index contributed by atoms with van der Waals surface area (Å²) in [6.45, 7) is 15.8. The second kappa shape index (κ2) is 38.7. The van der Waals surface area contributed by atoms with Crippen LogP contribution >= 0.6 is 0 Å². The summed E-state index contributed by atoms with van der Waals surface area (Å²) in [6.07, 6.45) is 39.5. The Labute approximate surface area is 337 Å². The number of carbonyl (C=O) groups is 2. The van der Waals surface area contributed by atoms with Gasteiger partial charge in [0.2, 0.25) is 0 Å². The molecule has 0 N–H and O–H groups in total. The van der Waals surface area contributed by atoms with E-state index in [4.69, 9.17) is 9.47 Å². The molecular formula is C48H94N2O4. The number of rotatable bonds is 41. The van der Waals surface area contributed by atoms with E-state index in [0.717, 1.165) is 26.2 Å². The second-order valence-electron chi connectivity index (χ2n) is 17.2. The molecule has 0 saturated carbocycles. The third-order valence-corrected chi connectivity index (χ3v) is 12.0. The van der Waals surface area contributed by atoms with Crippen molar-refractivity contribution in [3.8, 4) is 0 Å². The van der Waals surface area contributed by atoms with Gasteiger partial charge in [-0.3, -0.25) is 9.59 Å². The Balaban J connectivity index is 2.59. The number of unbranched alkanes of at least 4 members (excludes halogenated alkanes) is 20. The molecule has 0 aromatic rings.